The van der Waals surface area contributed by atoms with Gasteiger partial charge in [-0.15, -0.1) is 0 Å². The van der Waals surface area contributed by atoms with Crippen LogP contribution in [0.3, 0.4) is 0 Å². The first-order chi connectivity index (χ1) is 10.3. The van der Waals surface area contributed by atoms with Gasteiger partial charge in [-0.3, -0.25) is 0 Å². The van der Waals surface area contributed by atoms with Gasteiger partial charge in [0.2, 0.25) is 0 Å². The Kier molecular flexibility index (Phi) is 4.00. The summed E-state index contributed by atoms with van der Waals surface area (Å²) in [6.07, 6.45) is 0.969. The van der Waals surface area contributed by atoms with E-state index in [0.29, 0.717) is 6.54 Å². The van der Waals surface area contributed by atoms with Crippen LogP contribution in [0.4, 0.5) is 0 Å². The van der Waals surface area contributed by atoms with Gasteiger partial charge in [-0.1, -0.05) is 48.9 Å². The molecule has 3 rings (SSSR count). The topological polar surface area (TPSA) is 30.9 Å². The van der Waals surface area contributed by atoms with Gasteiger partial charge in [0.05, 0.1) is 0 Å². The Hall–Kier alpha value is -1.77. The fourth-order valence-corrected chi connectivity index (χ4v) is 3.23. The van der Waals surface area contributed by atoms with Gasteiger partial charge in [0.25, 0.3) is 0 Å². The van der Waals surface area contributed by atoms with Crippen LogP contribution in [0.5, 0.6) is 0 Å². The van der Waals surface area contributed by atoms with Crippen molar-refractivity contribution in [1.29, 1.82) is 0 Å². The zero-order valence-corrected chi connectivity index (χ0v) is 12.9. The molecule has 0 bridgehead atoms. The van der Waals surface area contributed by atoms with Crippen molar-refractivity contribution in [3.05, 3.63) is 59.2 Å². The molecule has 0 saturated carbocycles. The van der Waals surface area contributed by atoms with Crippen LogP contribution in [0.15, 0.2) is 48.5 Å². The van der Waals surface area contributed by atoms with Gasteiger partial charge in [-0.05, 0) is 30.2 Å². The highest BCUT2D eigenvalue weighted by molar-refractivity contribution is 6.31. The third-order valence-electron chi connectivity index (χ3n) is 3.88. The lowest BCUT2D eigenvalue weighted by molar-refractivity contribution is 0.700. The molecule has 21 heavy (non-hydrogen) atoms. The molecule has 0 spiro atoms. The van der Waals surface area contributed by atoms with E-state index in [9.17, 15) is 0 Å². The highest BCUT2D eigenvalue weighted by Crippen LogP contribution is 2.36. The van der Waals surface area contributed by atoms with Gasteiger partial charge in [-0.2, -0.15) is 0 Å². The van der Waals surface area contributed by atoms with E-state index in [1.54, 1.807) is 0 Å². The molecule has 3 aromatic rings. The summed E-state index contributed by atoms with van der Waals surface area (Å²) in [5.41, 5.74) is 10.9. The van der Waals surface area contributed by atoms with Crippen LogP contribution >= 0.6 is 11.6 Å². The first kappa shape index (κ1) is 14.2. The van der Waals surface area contributed by atoms with E-state index in [4.69, 9.17) is 17.3 Å². The lowest BCUT2D eigenvalue weighted by Crippen LogP contribution is -2.12. The quantitative estimate of drug-likeness (QED) is 0.756. The summed E-state index contributed by atoms with van der Waals surface area (Å²) in [7, 11) is 0. The van der Waals surface area contributed by atoms with E-state index in [1.807, 2.05) is 12.1 Å². The smallest absolute Gasteiger partial charge is 0.0490 e. The molecule has 0 atom stereocenters. The largest absolute Gasteiger partial charge is 0.343 e. The minimum absolute atomic E-state index is 0.633. The Morgan fingerprint density at radius 3 is 2.52 bits per heavy atom. The molecule has 108 valence electrons. The molecule has 0 radical (unpaired) electrons. The van der Waals surface area contributed by atoms with E-state index in [1.165, 1.54) is 27.7 Å². The van der Waals surface area contributed by atoms with Crippen molar-refractivity contribution in [2.24, 2.45) is 5.73 Å². The number of benzene rings is 2. The standard InChI is InChI=1S/C18H19ClN2/c1-2-16-18(13-6-4-3-5-7-13)15-12-14(19)8-9-17(15)21(16)11-10-20/h3-9,12H,2,10-11,20H2,1H3. The molecule has 0 unspecified atom stereocenters. The van der Waals surface area contributed by atoms with Gasteiger partial charge in [0.15, 0.2) is 0 Å². The van der Waals surface area contributed by atoms with Gasteiger partial charge >= 0.3 is 0 Å². The molecular weight excluding hydrogens is 280 g/mol. The van der Waals surface area contributed by atoms with Crippen LogP contribution in [-0.2, 0) is 13.0 Å². The second-order valence-corrected chi connectivity index (χ2v) is 5.58. The normalized spacial score (nSPS) is 11.2. The summed E-state index contributed by atoms with van der Waals surface area (Å²) < 4.78 is 2.33. The second-order valence-electron chi connectivity index (χ2n) is 5.14. The molecule has 2 nitrogen and oxygen atoms in total. The van der Waals surface area contributed by atoms with Crippen LogP contribution in [0.2, 0.25) is 5.02 Å². The summed E-state index contributed by atoms with van der Waals surface area (Å²) in [4.78, 5) is 0. The summed E-state index contributed by atoms with van der Waals surface area (Å²) in [5.74, 6) is 0. The Labute approximate surface area is 130 Å². The lowest BCUT2D eigenvalue weighted by Gasteiger charge is -2.09. The molecule has 1 aromatic heterocycles. The van der Waals surface area contributed by atoms with Crippen molar-refractivity contribution in [2.75, 3.05) is 6.54 Å². The molecule has 2 aromatic carbocycles. The van der Waals surface area contributed by atoms with E-state index in [-0.39, 0.29) is 0 Å². The molecule has 0 aliphatic heterocycles. The molecule has 3 heteroatoms. The number of hydrogen-bond acceptors (Lipinski definition) is 1. The number of fused-ring (bicyclic) bond motifs is 1. The van der Waals surface area contributed by atoms with Crippen LogP contribution in [-0.4, -0.2) is 11.1 Å². The Morgan fingerprint density at radius 1 is 1.10 bits per heavy atom. The molecular formula is C18H19ClN2. The van der Waals surface area contributed by atoms with Crippen molar-refractivity contribution in [3.63, 3.8) is 0 Å². The van der Waals surface area contributed by atoms with Crippen molar-refractivity contribution in [1.82, 2.24) is 4.57 Å². The molecule has 0 aliphatic carbocycles. The number of nitrogens with zero attached hydrogens (tertiary/aromatic N) is 1. The van der Waals surface area contributed by atoms with Crippen LogP contribution in [0.1, 0.15) is 12.6 Å². The molecule has 2 N–H and O–H groups in total. The number of halogens is 1. The Balaban J connectivity index is 2.38. The van der Waals surface area contributed by atoms with Gasteiger partial charge in [0.1, 0.15) is 0 Å². The van der Waals surface area contributed by atoms with Crippen LogP contribution in [0, 0.1) is 0 Å². The highest BCUT2D eigenvalue weighted by atomic mass is 35.5. The summed E-state index contributed by atoms with van der Waals surface area (Å²) in [5, 5.41) is 1.98. The average Bonchev–Trinajstić information content (AvgIpc) is 2.81. The van der Waals surface area contributed by atoms with Crippen molar-refractivity contribution in [2.45, 2.75) is 19.9 Å². The third-order valence-corrected chi connectivity index (χ3v) is 4.12. The van der Waals surface area contributed by atoms with Crippen molar-refractivity contribution in [3.8, 4) is 11.1 Å². The summed E-state index contributed by atoms with van der Waals surface area (Å²) in [6, 6.07) is 16.6. The zero-order valence-electron chi connectivity index (χ0n) is 12.1. The molecule has 0 amide bonds. The van der Waals surface area contributed by atoms with Gasteiger partial charge < -0.3 is 10.3 Å². The Bertz CT molecular complexity index is 760. The summed E-state index contributed by atoms with van der Waals surface area (Å²) in [6.45, 7) is 3.65. The van der Waals surface area contributed by atoms with E-state index < -0.39 is 0 Å². The van der Waals surface area contributed by atoms with Crippen LogP contribution < -0.4 is 5.73 Å². The predicted molar refractivity (Wildman–Crippen MR) is 90.8 cm³/mol. The predicted octanol–water partition coefficient (Wildman–Crippen LogP) is 4.48. The first-order valence-corrected chi connectivity index (χ1v) is 7.70. The maximum atomic E-state index is 6.23. The SMILES string of the molecule is CCc1c(-c2ccccc2)c2cc(Cl)ccc2n1CCN. The average molecular weight is 299 g/mol. The van der Waals surface area contributed by atoms with E-state index in [2.05, 4.69) is 47.9 Å². The number of nitrogens with two attached hydrogens (primary N) is 1. The number of hydrogen-bond donors (Lipinski definition) is 1. The minimum Gasteiger partial charge on any atom is -0.343 e. The fraction of sp³-hybridized carbons (Fsp3) is 0.222. The molecule has 0 aliphatic rings. The maximum absolute atomic E-state index is 6.23. The Morgan fingerprint density at radius 2 is 1.86 bits per heavy atom. The van der Waals surface area contributed by atoms with E-state index >= 15 is 0 Å². The van der Waals surface area contributed by atoms with Crippen molar-refractivity contribution >= 4 is 22.5 Å². The highest BCUT2D eigenvalue weighted by Gasteiger charge is 2.17. The molecule has 1 heterocycles. The van der Waals surface area contributed by atoms with Crippen LogP contribution in [0.25, 0.3) is 22.0 Å². The van der Waals surface area contributed by atoms with E-state index in [0.717, 1.165) is 18.0 Å². The zero-order chi connectivity index (χ0) is 14.8. The monoisotopic (exact) mass is 298 g/mol. The number of rotatable bonds is 4. The lowest BCUT2D eigenvalue weighted by atomic mass is 10.0. The van der Waals surface area contributed by atoms with Gasteiger partial charge in [-0.25, -0.2) is 0 Å². The maximum Gasteiger partial charge on any atom is 0.0490 e. The summed E-state index contributed by atoms with van der Waals surface area (Å²) >= 11 is 6.23. The minimum atomic E-state index is 0.633. The number of aromatic nitrogens is 1. The van der Waals surface area contributed by atoms with Gasteiger partial charge in [0, 0.05) is 40.3 Å². The fourth-order valence-electron chi connectivity index (χ4n) is 3.06. The van der Waals surface area contributed by atoms with Crippen molar-refractivity contribution < 1.29 is 0 Å². The molecule has 0 saturated heterocycles. The second kappa shape index (κ2) is 5.92. The third kappa shape index (κ3) is 2.45. The first-order valence-electron chi connectivity index (χ1n) is 7.32. The molecule has 0 fully saturated rings.